The molecule has 4 aliphatic rings. The maximum Gasteiger partial charge on any atom is 0.311 e. The van der Waals surface area contributed by atoms with Crippen LogP contribution < -0.4 is 26.6 Å². The van der Waals surface area contributed by atoms with Gasteiger partial charge in [-0.1, -0.05) is 40.2 Å². The number of methoxy groups -OCH3 is 2. The Kier molecular flexibility index (Phi) is 23.4. The lowest BCUT2D eigenvalue weighted by atomic mass is 9.74. The van der Waals surface area contributed by atoms with E-state index in [0.29, 0.717) is 25.5 Å². The number of aliphatic hydroxyl groups is 4. The number of nitrogen functional groups attached to an aromatic ring is 1. The number of aliphatic hydroxyl groups excluding tert-OH is 3. The molecule has 0 saturated carbocycles. The first-order chi connectivity index (χ1) is 36.6. The number of Topliss-reactive ketones (excluding diaryl/α,β-unsaturated/α-hetero) is 1. The maximum atomic E-state index is 14.2. The molecule has 21 heteroatoms. The summed E-state index contributed by atoms with van der Waals surface area (Å²) in [7, 11) is 6.77. The number of rotatable bonds is 16. The van der Waals surface area contributed by atoms with E-state index in [-0.39, 0.29) is 48.6 Å². The first-order valence-electron chi connectivity index (χ1n) is 27.8. The number of anilines is 2. The highest BCUT2D eigenvalue weighted by molar-refractivity contribution is 5.83. The van der Waals surface area contributed by atoms with Crippen LogP contribution in [0.4, 0.5) is 11.4 Å². The van der Waals surface area contributed by atoms with Gasteiger partial charge < -0.3 is 74.3 Å². The minimum atomic E-state index is -1.96. The van der Waals surface area contributed by atoms with Crippen molar-refractivity contribution >= 4 is 23.1 Å². The molecule has 0 bridgehead atoms. The molecule has 7 N–H and O–H groups in total. The topological polar surface area (TPSA) is 280 Å². The molecule has 1 aromatic carbocycles. The molecule has 0 amide bonds. The number of ether oxygens (including phenoxy) is 8. The Labute approximate surface area is 461 Å². The number of carbonyl (C=O) groups excluding carboxylic acids is 2. The second-order valence-corrected chi connectivity index (χ2v) is 23.1. The van der Waals surface area contributed by atoms with E-state index in [1.54, 1.807) is 54.7 Å². The average Bonchev–Trinajstić information content (AvgIpc) is 3.46. The van der Waals surface area contributed by atoms with Gasteiger partial charge in [-0.3, -0.25) is 24.1 Å². The summed E-state index contributed by atoms with van der Waals surface area (Å²) in [5, 5.41) is 48.4. The zero-order valence-electron chi connectivity index (χ0n) is 48.6. The van der Waals surface area contributed by atoms with Gasteiger partial charge in [-0.2, -0.15) is 0 Å². The molecule has 4 fully saturated rings. The Morgan fingerprint density at radius 1 is 0.885 bits per heavy atom. The van der Waals surface area contributed by atoms with Gasteiger partial charge in [-0.15, -0.1) is 0 Å². The van der Waals surface area contributed by atoms with E-state index in [1.165, 1.54) is 46.0 Å². The number of piperidine rings is 1. The Morgan fingerprint density at radius 3 is 2.17 bits per heavy atom. The predicted octanol–water partition coefficient (Wildman–Crippen LogP) is 3.73. The second-order valence-electron chi connectivity index (χ2n) is 23.1. The molecule has 0 spiro atoms. The van der Waals surface area contributed by atoms with Gasteiger partial charge >= 0.3 is 5.97 Å². The van der Waals surface area contributed by atoms with Crippen molar-refractivity contribution in [2.75, 3.05) is 65.6 Å². The number of likely N-dealkylation sites (tertiary alicyclic amines) is 1. The number of hydrogen-bond donors (Lipinski definition) is 6. The molecule has 0 unspecified atom stereocenters. The standard InChI is InChI=1S/C38H69NO13.C19H24N4O3/c1-15-26-38(10,45)31(42)21(4)28(40)19(2)17-37(9,47-14)33(52-35-29(41)25(39(11)12)16-20(3)48-35)22(5)30(23(6)34(44)50-26)51-27-18-36(8,46-13)32(43)24(7)49-27;20-16-17(19(25)18(16)24)22-7-2-5-11-26-15-12-14(6-8-21-15)13-23-9-3-1-4-10-23/h19-27,29-33,35,41-43,45H,15-18H2,1-14H3;2,5-6,8,12,22H,1,3-4,7,9-11,13,20H2/b;5-2-/t19-,20-,21+,22+,23-,24+,25+,26-,27+,29-,30+,31-,32+,33-,35+,36-,37-,38-;/m1./s1. The fraction of sp³-hybridized carbons (Fsp3) is 0.772. The average molecular weight is 1100 g/mol. The Morgan fingerprint density at radius 2 is 1.55 bits per heavy atom. The Balaban J connectivity index is 0.000000357. The smallest absolute Gasteiger partial charge is 0.311 e. The molecule has 78 heavy (non-hydrogen) atoms. The third-order valence-corrected chi connectivity index (χ3v) is 16.8. The number of nitrogens with one attached hydrogen (secondary N) is 1. The number of cyclic esters (lactones) is 1. The van der Waals surface area contributed by atoms with Crippen LogP contribution in [-0.2, 0) is 49.3 Å². The van der Waals surface area contributed by atoms with Crippen LogP contribution in [0.2, 0.25) is 0 Å². The highest BCUT2D eigenvalue weighted by atomic mass is 16.7. The SMILES string of the molecule is CC[C@H]1OC(=O)[C@H](C)[C@@H](O[C@H]2C[C@@](C)(OC)[C@@H](O)[C@H](C)O2)[C@H](C)[C@@H](O[C@@H]2O[C@H](C)C[C@H](N(C)C)[C@H]2O)[C@](C)(OC)C[C@@H](C)C(=O)[C@H](C)[C@@H](O)[C@]1(C)O.Nc1c(NC/C=C\COc2cc(CN3CCCCC3)ccn2)c(=O)c1=O. The van der Waals surface area contributed by atoms with Crippen LogP contribution >= 0.6 is 0 Å². The van der Waals surface area contributed by atoms with Gasteiger partial charge in [0.05, 0.1) is 47.6 Å². The molecule has 1 aromatic heterocycles. The summed E-state index contributed by atoms with van der Waals surface area (Å²) in [5.74, 6) is -3.87. The molecule has 21 nitrogen and oxygen atoms in total. The van der Waals surface area contributed by atoms with E-state index >= 15 is 0 Å². The summed E-state index contributed by atoms with van der Waals surface area (Å²) in [6.45, 7) is 21.1. The van der Waals surface area contributed by atoms with Crippen LogP contribution in [0.5, 0.6) is 5.88 Å². The molecule has 18 atom stereocenters. The maximum absolute atomic E-state index is 14.2. The van der Waals surface area contributed by atoms with Gasteiger partial charge in [-0.25, -0.2) is 4.98 Å². The zero-order chi connectivity index (χ0) is 58.0. The molecule has 2 aromatic rings. The minimum Gasteiger partial charge on any atom is -0.473 e. The van der Waals surface area contributed by atoms with Crippen molar-refractivity contribution in [3.63, 3.8) is 0 Å². The Bertz CT molecular complexity index is 2340. The summed E-state index contributed by atoms with van der Waals surface area (Å²) in [4.78, 5) is 59.0. The minimum absolute atomic E-state index is 0.00868. The third kappa shape index (κ3) is 15.5. The quantitative estimate of drug-likeness (QED) is 0.0793. The highest BCUT2D eigenvalue weighted by Crippen LogP contribution is 2.42. The first-order valence-corrected chi connectivity index (χ1v) is 27.8. The number of esters is 1. The van der Waals surface area contributed by atoms with Gasteiger partial charge in [-0.05, 0) is 119 Å². The lowest BCUT2D eigenvalue weighted by Crippen LogP contribution is -2.61. The van der Waals surface area contributed by atoms with E-state index in [9.17, 15) is 39.6 Å². The van der Waals surface area contributed by atoms with Crippen LogP contribution in [0.1, 0.15) is 120 Å². The van der Waals surface area contributed by atoms with Gasteiger partial charge in [0.1, 0.15) is 47.7 Å². The number of likely N-dealkylation sites (N-methyl/N-ethyl adjacent to an activating group) is 1. The van der Waals surface area contributed by atoms with E-state index in [2.05, 4.69) is 15.2 Å². The fourth-order valence-corrected chi connectivity index (χ4v) is 11.6. The number of nitrogens with two attached hydrogens (primary N) is 1. The van der Waals surface area contributed by atoms with Crippen molar-refractivity contribution in [3.05, 3.63) is 56.5 Å². The van der Waals surface area contributed by atoms with E-state index in [1.807, 2.05) is 57.1 Å². The molecular weight excluding hydrogens is 1010 g/mol. The van der Waals surface area contributed by atoms with Crippen LogP contribution in [-0.4, -0.2) is 186 Å². The number of carbonyl (C=O) groups is 2. The lowest BCUT2D eigenvalue weighted by Gasteiger charge is -2.50. The van der Waals surface area contributed by atoms with Gasteiger partial charge in [0.25, 0.3) is 10.9 Å². The summed E-state index contributed by atoms with van der Waals surface area (Å²) in [5.41, 5.74) is 1.44. The van der Waals surface area contributed by atoms with E-state index < -0.39 is 113 Å². The number of aromatic nitrogens is 1. The van der Waals surface area contributed by atoms with Crippen molar-refractivity contribution in [1.82, 2.24) is 14.8 Å². The second kappa shape index (κ2) is 28.1. The van der Waals surface area contributed by atoms with Crippen molar-refractivity contribution in [3.8, 4) is 5.88 Å². The molecule has 6 rings (SSSR count). The van der Waals surface area contributed by atoms with Crippen LogP contribution in [0, 0.1) is 23.7 Å². The number of pyridine rings is 1. The van der Waals surface area contributed by atoms with Crippen molar-refractivity contribution < 1.29 is 67.9 Å². The summed E-state index contributed by atoms with van der Waals surface area (Å²) in [6.07, 6.45) is 0.560. The number of hydrogen-bond acceptors (Lipinski definition) is 21. The number of nitrogens with zero attached hydrogens (tertiary/aromatic N) is 3. The highest BCUT2D eigenvalue weighted by Gasteiger charge is 2.54. The monoisotopic (exact) mass is 1100 g/mol. The summed E-state index contributed by atoms with van der Waals surface area (Å²) >= 11 is 0. The first kappa shape index (κ1) is 64.8. The summed E-state index contributed by atoms with van der Waals surface area (Å²) in [6, 6.07) is 3.72. The van der Waals surface area contributed by atoms with E-state index in [0.717, 1.165) is 19.6 Å². The Hall–Kier alpha value is -3.97. The van der Waals surface area contributed by atoms with Gasteiger partial charge in [0, 0.05) is 69.8 Å². The largest absolute Gasteiger partial charge is 0.473 e. The molecular formula is C57H93N5O16. The van der Waals surface area contributed by atoms with Crippen molar-refractivity contribution in [2.45, 2.75) is 205 Å². The molecule has 0 radical (unpaired) electrons. The molecule has 5 heterocycles. The fourth-order valence-electron chi connectivity index (χ4n) is 11.6. The van der Waals surface area contributed by atoms with Gasteiger partial charge in [0.15, 0.2) is 12.6 Å². The van der Waals surface area contributed by atoms with Crippen molar-refractivity contribution in [1.29, 1.82) is 0 Å². The molecule has 4 saturated heterocycles. The lowest BCUT2D eigenvalue weighted by molar-refractivity contribution is -0.319. The van der Waals surface area contributed by atoms with E-state index in [4.69, 9.17) is 43.6 Å². The predicted molar refractivity (Wildman–Crippen MR) is 293 cm³/mol. The molecule has 442 valence electrons. The molecule has 4 aliphatic heterocycles. The van der Waals surface area contributed by atoms with Crippen LogP contribution in [0.15, 0.2) is 40.1 Å². The zero-order valence-corrected chi connectivity index (χ0v) is 48.6. The third-order valence-electron chi connectivity index (χ3n) is 16.8. The number of ketones is 1. The van der Waals surface area contributed by atoms with Crippen LogP contribution in [0.25, 0.3) is 0 Å². The summed E-state index contributed by atoms with van der Waals surface area (Å²) < 4.78 is 49.5. The normalized spacial score (nSPS) is 37.9. The van der Waals surface area contributed by atoms with Crippen molar-refractivity contribution in [2.24, 2.45) is 23.7 Å². The van der Waals surface area contributed by atoms with Gasteiger partial charge in [0.2, 0.25) is 5.88 Å². The van der Waals surface area contributed by atoms with Crippen LogP contribution in [0.3, 0.4) is 0 Å². The molecule has 0 aliphatic carbocycles.